The maximum absolute atomic E-state index is 10.9. The molecule has 0 aliphatic carbocycles. The van der Waals surface area contributed by atoms with Crippen molar-refractivity contribution in [3.63, 3.8) is 0 Å². The SMILES string of the molecule is COc1cc(NC(=S)NCCCn2cncc2C)ccc1OCCCNC(C)=O. The molecule has 0 saturated heterocycles. The van der Waals surface area contributed by atoms with Crippen molar-refractivity contribution in [2.24, 2.45) is 0 Å². The number of carbonyl (C=O) groups is 1. The van der Waals surface area contributed by atoms with Gasteiger partial charge in [-0.25, -0.2) is 4.98 Å². The van der Waals surface area contributed by atoms with E-state index in [0.29, 0.717) is 29.8 Å². The molecule has 1 aromatic carbocycles. The molecule has 1 aromatic heterocycles. The van der Waals surface area contributed by atoms with Gasteiger partial charge in [0.1, 0.15) is 0 Å². The van der Waals surface area contributed by atoms with Crippen molar-refractivity contribution in [2.75, 3.05) is 32.1 Å². The van der Waals surface area contributed by atoms with Gasteiger partial charge in [-0.15, -0.1) is 0 Å². The summed E-state index contributed by atoms with van der Waals surface area (Å²) >= 11 is 5.36. The highest BCUT2D eigenvalue weighted by Crippen LogP contribution is 2.30. The Morgan fingerprint density at radius 1 is 1.21 bits per heavy atom. The number of benzene rings is 1. The summed E-state index contributed by atoms with van der Waals surface area (Å²) in [7, 11) is 1.60. The second-order valence-corrected chi connectivity index (χ2v) is 6.92. The van der Waals surface area contributed by atoms with Crippen LogP contribution < -0.4 is 25.4 Å². The van der Waals surface area contributed by atoms with E-state index in [1.54, 1.807) is 7.11 Å². The number of nitrogens with one attached hydrogen (secondary N) is 3. The van der Waals surface area contributed by atoms with Crippen molar-refractivity contribution in [3.05, 3.63) is 36.4 Å². The van der Waals surface area contributed by atoms with Gasteiger partial charge in [0, 0.05) is 50.2 Å². The minimum Gasteiger partial charge on any atom is -0.493 e. The van der Waals surface area contributed by atoms with E-state index in [-0.39, 0.29) is 5.91 Å². The lowest BCUT2D eigenvalue weighted by molar-refractivity contribution is -0.118. The van der Waals surface area contributed by atoms with Crippen LogP contribution >= 0.6 is 12.2 Å². The van der Waals surface area contributed by atoms with Crippen LogP contribution in [-0.2, 0) is 11.3 Å². The minimum absolute atomic E-state index is 0.0422. The summed E-state index contributed by atoms with van der Waals surface area (Å²) < 4.78 is 13.3. The molecule has 0 spiro atoms. The molecule has 3 N–H and O–H groups in total. The number of rotatable bonds is 11. The van der Waals surface area contributed by atoms with Crippen LogP contribution in [0.2, 0.25) is 0 Å². The quantitative estimate of drug-likeness (QED) is 0.381. The van der Waals surface area contributed by atoms with Crippen LogP contribution in [0.25, 0.3) is 0 Å². The largest absolute Gasteiger partial charge is 0.493 e. The predicted octanol–water partition coefficient (Wildman–Crippen LogP) is 2.48. The molecule has 29 heavy (non-hydrogen) atoms. The van der Waals surface area contributed by atoms with Crippen LogP contribution in [0, 0.1) is 6.92 Å². The minimum atomic E-state index is -0.0422. The van der Waals surface area contributed by atoms with Gasteiger partial charge >= 0.3 is 0 Å². The number of anilines is 1. The second kappa shape index (κ2) is 11.9. The van der Waals surface area contributed by atoms with Crippen molar-refractivity contribution in [2.45, 2.75) is 33.2 Å². The van der Waals surface area contributed by atoms with Crippen molar-refractivity contribution in [3.8, 4) is 11.5 Å². The highest BCUT2D eigenvalue weighted by Gasteiger charge is 2.07. The van der Waals surface area contributed by atoms with Crippen molar-refractivity contribution >= 4 is 28.9 Å². The summed E-state index contributed by atoms with van der Waals surface area (Å²) in [5, 5.41) is 9.65. The molecule has 0 aliphatic rings. The summed E-state index contributed by atoms with van der Waals surface area (Å²) in [6, 6.07) is 5.56. The molecular weight excluding hydrogens is 390 g/mol. The lowest BCUT2D eigenvalue weighted by Crippen LogP contribution is -2.29. The van der Waals surface area contributed by atoms with Crippen LogP contribution in [-0.4, -0.2) is 47.4 Å². The molecule has 2 aromatic rings. The average Bonchev–Trinajstić information content (AvgIpc) is 3.10. The Hall–Kier alpha value is -2.81. The van der Waals surface area contributed by atoms with E-state index in [9.17, 15) is 4.79 Å². The van der Waals surface area contributed by atoms with Crippen molar-refractivity contribution in [1.29, 1.82) is 0 Å². The normalized spacial score (nSPS) is 10.3. The van der Waals surface area contributed by atoms with E-state index < -0.39 is 0 Å². The molecule has 0 aliphatic heterocycles. The molecular formula is C20H29N5O3S. The van der Waals surface area contributed by atoms with E-state index in [1.165, 1.54) is 6.92 Å². The Morgan fingerprint density at radius 2 is 2.00 bits per heavy atom. The first-order valence-corrected chi connectivity index (χ1v) is 9.97. The maximum atomic E-state index is 10.9. The van der Waals surface area contributed by atoms with Crippen LogP contribution in [0.15, 0.2) is 30.7 Å². The fourth-order valence-corrected chi connectivity index (χ4v) is 2.85. The number of aromatic nitrogens is 2. The molecule has 0 atom stereocenters. The van der Waals surface area contributed by atoms with Gasteiger partial charge in [0.25, 0.3) is 0 Å². The third-order valence-corrected chi connectivity index (χ3v) is 4.40. The summed E-state index contributed by atoms with van der Waals surface area (Å²) in [5.74, 6) is 1.22. The van der Waals surface area contributed by atoms with Gasteiger partial charge in [0.05, 0.1) is 20.0 Å². The van der Waals surface area contributed by atoms with Crippen LogP contribution in [0.4, 0.5) is 5.69 Å². The predicted molar refractivity (Wildman–Crippen MR) is 118 cm³/mol. The van der Waals surface area contributed by atoms with E-state index >= 15 is 0 Å². The molecule has 9 heteroatoms. The first kappa shape index (κ1) is 22.5. The van der Waals surface area contributed by atoms with Crippen LogP contribution in [0.1, 0.15) is 25.5 Å². The van der Waals surface area contributed by atoms with Gasteiger partial charge in [-0.1, -0.05) is 0 Å². The second-order valence-electron chi connectivity index (χ2n) is 6.51. The monoisotopic (exact) mass is 419 g/mol. The number of aryl methyl sites for hydroxylation is 2. The molecule has 0 saturated carbocycles. The molecule has 1 heterocycles. The van der Waals surface area contributed by atoms with E-state index in [0.717, 1.165) is 37.3 Å². The van der Waals surface area contributed by atoms with Gasteiger partial charge in [0.15, 0.2) is 16.6 Å². The highest BCUT2D eigenvalue weighted by molar-refractivity contribution is 7.80. The fourth-order valence-electron chi connectivity index (χ4n) is 2.63. The number of hydrogen-bond donors (Lipinski definition) is 3. The van der Waals surface area contributed by atoms with Gasteiger partial charge in [-0.3, -0.25) is 4.79 Å². The Morgan fingerprint density at radius 3 is 2.69 bits per heavy atom. The molecule has 0 unspecified atom stereocenters. The topological polar surface area (TPSA) is 89.4 Å². The molecule has 158 valence electrons. The molecule has 0 fully saturated rings. The lowest BCUT2D eigenvalue weighted by atomic mass is 10.2. The Bertz CT molecular complexity index is 809. The van der Waals surface area contributed by atoms with Gasteiger partial charge in [0.2, 0.25) is 5.91 Å². The standard InChI is InChI=1S/C20H29N5O3S/c1-15-13-21-14-25(15)10-4-8-23-20(29)24-17-6-7-18(19(12-17)27-3)28-11-5-9-22-16(2)26/h6-7,12-14H,4-5,8-11H2,1-3H3,(H,22,26)(H2,23,24,29). The molecule has 8 nitrogen and oxygen atoms in total. The number of imidazole rings is 1. The number of nitrogens with zero attached hydrogens (tertiary/aromatic N) is 2. The fraction of sp³-hybridized carbons (Fsp3) is 0.450. The van der Waals surface area contributed by atoms with Gasteiger partial charge in [-0.05, 0) is 44.1 Å². The summed E-state index contributed by atoms with van der Waals surface area (Å²) in [4.78, 5) is 15.0. The van der Waals surface area contributed by atoms with Crippen molar-refractivity contribution < 1.29 is 14.3 Å². The van der Waals surface area contributed by atoms with Crippen molar-refractivity contribution in [1.82, 2.24) is 20.2 Å². The summed E-state index contributed by atoms with van der Waals surface area (Å²) in [5.41, 5.74) is 1.96. The zero-order valence-corrected chi connectivity index (χ0v) is 18.0. The molecule has 1 amide bonds. The molecule has 2 rings (SSSR count). The number of amides is 1. The smallest absolute Gasteiger partial charge is 0.216 e. The average molecular weight is 420 g/mol. The van der Waals surface area contributed by atoms with E-state index in [4.69, 9.17) is 21.7 Å². The first-order valence-electron chi connectivity index (χ1n) is 9.56. The number of hydrogen-bond acceptors (Lipinski definition) is 5. The lowest BCUT2D eigenvalue weighted by Gasteiger charge is -2.14. The van der Waals surface area contributed by atoms with E-state index in [2.05, 4.69) is 25.5 Å². The zero-order chi connectivity index (χ0) is 21.1. The highest BCUT2D eigenvalue weighted by atomic mass is 32.1. The summed E-state index contributed by atoms with van der Waals surface area (Å²) in [6.07, 6.45) is 5.34. The van der Waals surface area contributed by atoms with E-state index in [1.807, 2.05) is 37.6 Å². The third kappa shape index (κ3) is 7.98. The zero-order valence-electron chi connectivity index (χ0n) is 17.2. The number of carbonyl (C=O) groups excluding carboxylic acids is 1. The molecule has 0 bridgehead atoms. The van der Waals surface area contributed by atoms with Crippen LogP contribution in [0.3, 0.4) is 0 Å². The first-order chi connectivity index (χ1) is 14.0. The Balaban J connectivity index is 1.74. The van der Waals surface area contributed by atoms with Gasteiger partial charge in [-0.2, -0.15) is 0 Å². The Kier molecular flexibility index (Phi) is 9.23. The Labute approximate surface area is 177 Å². The van der Waals surface area contributed by atoms with Gasteiger partial charge < -0.3 is 30.0 Å². The maximum Gasteiger partial charge on any atom is 0.216 e. The number of methoxy groups -OCH3 is 1. The summed E-state index contributed by atoms with van der Waals surface area (Å²) in [6.45, 7) is 6.25. The number of ether oxygens (including phenoxy) is 2. The van der Waals surface area contributed by atoms with Crippen LogP contribution in [0.5, 0.6) is 11.5 Å². The third-order valence-electron chi connectivity index (χ3n) is 4.16. The number of thiocarbonyl (C=S) groups is 1. The molecule has 0 radical (unpaired) electrons.